The Balaban J connectivity index is 2.18. The van der Waals surface area contributed by atoms with E-state index in [0.717, 1.165) is 32.2 Å². The first-order chi connectivity index (χ1) is 12.0. The summed E-state index contributed by atoms with van der Waals surface area (Å²) in [5, 5.41) is 2.84. The van der Waals surface area contributed by atoms with Gasteiger partial charge in [-0.25, -0.2) is 8.42 Å². The van der Waals surface area contributed by atoms with E-state index in [1.165, 1.54) is 7.05 Å². The Morgan fingerprint density at radius 3 is 2.00 bits per heavy atom. The fraction of sp³-hybridized carbons (Fsp3) is 0.350. The van der Waals surface area contributed by atoms with E-state index in [1.807, 2.05) is 45.9 Å². The lowest BCUT2D eigenvalue weighted by Crippen LogP contribution is -2.35. The number of carbonyl (C=O) groups excluding carboxylic acids is 1. The number of anilines is 1. The van der Waals surface area contributed by atoms with Crippen molar-refractivity contribution in [2.45, 2.75) is 39.5 Å². The summed E-state index contributed by atoms with van der Waals surface area (Å²) in [5.41, 5.74) is 5.42. The number of benzene rings is 2. The van der Waals surface area contributed by atoms with Gasteiger partial charge in [-0.15, -0.1) is 0 Å². The topological polar surface area (TPSA) is 66.5 Å². The van der Waals surface area contributed by atoms with Gasteiger partial charge in [0.1, 0.15) is 0 Å². The Hall–Kier alpha value is -2.18. The molecule has 1 N–H and O–H groups in total. The van der Waals surface area contributed by atoms with Crippen molar-refractivity contribution in [2.24, 2.45) is 0 Å². The molecule has 26 heavy (non-hydrogen) atoms. The van der Waals surface area contributed by atoms with Crippen LogP contribution in [0.1, 0.15) is 27.8 Å². The highest BCUT2D eigenvalue weighted by Crippen LogP contribution is 2.23. The van der Waals surface area contributed by atoms with Crippen LogP contribution in [0.3, 0.4) is 0 Å². The smallest absolute Gasteiger partial charge is 0.243 e. The summed E-state index contributed by atoms with van der Waals surface area (Å²) in [6.07, 6.45) is 0. The predicted molar refractivity (Wildman–Crippen MR) is 105 cm³/mol. The summed E-state index contributed by atoms with van der Waals surface area (Å²) in [4.78, 5) is 12.6. The largest absolute Gasteiger partial charge is 0.324 e. The summed E-state index contributed by atoms with van der Waals surface area (Å²) < 4.78 is 26.6. The van der Waals surface area contributed by atoms with Crippen molar-refractivity contribution >= 4 is 21.6 Å². The Kier molecular flexibility index (Phi) is 5.88. The molecule has 0 saturated heterocycles. The fourth-order valence-electron chi connectivity index (χ4n) is 3.10. The number of hydrogen-bond acceptors (Lipinski definition) is 3. The van der Waals surface area contributed by atoms with Gasteiger partial charge in [-0.3, -0.25) is 4.79 Å². The number of carbonyl (C=O) groups is 1. The molecule has 2 aromatic carbocycles. The Labute approximate surface area is 156 Å². The minimum atomic E-state index is -3.73. The van der Waals surface area contributed by atoms with E-state index in [4.69, 9.17) is 0 Å². The van der Waals surface area contributed by atoms with E-state index in [-0.39, 0.29) is 17.3 Å². The van der Waals surface area contributed by atoms with Gasteiger partial charge in [0.15, 0.2) is 0 Å². The van der Waals surface area contributed by atoms with Crippen LogP contribution >= 0.6 is 0 Å². The van der Waals surface area contributed by atoms with Gasteiger partial charge in [0, 0.05) is 12.7 Å². The van der Waals surface area contributed by atoms with Crippen LogP contribution in [-0.4, -0.2) is 32.2 Å². The molecule has 0 radical (unpaired) electrons. The highest BCUT2D eigenvalue weighted by Gasteiger charge is 2.25. The van der Waals surface area contributed by atoms with Crippen molar-refractivity contribution in [2.75, 3.05) is 18.9 Å². The SMILES string of the molecule is Cc1ccc(S(=O)(=O)N(C)CC(=O)Nc2c(C)cc(C)cc2C)c(C)c1. The Morgan fingerprint density at radius 1 is 0.923 bits per heavy atom. The van der Waals surface area contributed by atoms with Crippen LogP contribution in [0.2, 0.25) is 0 Å². The highest BCUT2D eigenvalue weighted by molar-refractivity contribution is 7.89. The first kappa shape index (κ1) is 20.1. The molecule has 0 heterocycles. The number of nitrogens with zero attached hydrogens (tertiary/aromatic N) is 1. The summed E-state index contributed by atoms with van der Waals surface area (Å²) in [5.74, 6) is -0.365. The van der Waals surface area contributed by atoms with Crippen molar-refractivity contribution in [1.29, 1.82) is 0 Å². The van der Waals surface area contributed by atoms with Gasteiger partial charge in [-0.05, 0) is 57.4 Å². The molecule has 0 aliphatic rings. The molecule has 0 saturated carbocycles. The zero-order chi connectivity index (χ0) is 19.6. The average Bonchev–Trinajstić information content (AvgIpc) is 2.50. The van der Waals surface area contributed by atoms with Crippen molar-refractivity contribution in [3.63, 3.8) is 0 Å². The monoisotopic (exact) mass is 374 g/mol. The molecule has 0 bridgehead atoms. The first-order valence-electron chi connectivity index (χ1n) is 8.43. The molecule has 0 aliphatic carbocycles. The molecule has 0 spiro atoms. The van der Waals surface area contributed by atoms with Gasteiger partial charge < -0.3 is 5.32 Å². The van der Waals surface area contributed by atoms with Crippen molar-refractivity contribution in [1.82, 2.24) is 4.31 Å². The molecule has 0 atom stereocenters. The van der Waals surface area contributed by atoms with Crippen molar-refractivity contribution in [3.8, 4) is 0 Å². The molecule has 140 valence electrons. The van der Waals surface area contributed by atoms with Crippen molar-refractivity contribution < 1.29 is 13.2 Å². The second-order valence-corrected chi connectivity index (χ2v) is 8.87. The highest BCUT2D eigenvalue weighted by atomic mass is 32.2. The normalized spacial score (nSPS) is 11.7. The fourth-order valence-corrected chi connectivity index (χ4v) is 4.43. The maximum atomic E-state index is 12.8. The maximum absolute atomic E-state index is 12.8. The number of hydrogen-bond donors (Lipinski definition) is 1. The summed E-state index contributed by atoms with van der Waals surface area (Å²) >= 11 is 0. The minimum absolute atomic E-state index is 0.223. The number of amides is 1. The van der Waals surface area contributed by atoms with E-state index in [1.54, 1.807) is 19.1 Å². The van der Waals surface area contributed by atoms with Crippen LogP contribution in [0.25, 0.3) is 0 Å². The molecule has 0 fully saturated rings. The molecular weight excluding hydrogens is 348 g/mol. The molecule has 2 rings (SSSR count). The first-order valence-corrected chi connectivity index (χ1v) is 9.87. The van der Waals surface area contributed by atoms with Gasteiger partial charge in [-0.1, -0.05) is 35.4 Å². The lowest BCUT2D eigenvalue weighted by atomic mass is 10.1. The van der Waals surface area contributed by atoms with Gasteiger partial charge in [0.25, 0.3) is 0 Å². The minimum Gasteiger partial charge on any atom is -0.324 e. The summed E-state index contributed by atoms with van der Waals surface area (Å²) in [6, 6.07) is 9.13. The molecule has 0 aliphatic heterocycles. The van der Waals surface area contributed by atoms with E-state index < -0.39 is 10.0 Å². The zero-order valence-corrected chi connectivity index (χ0v) is 17.0. The predicted octanol–water partition coefficient (Wildman–Crippen LogP) is 3.49. The Bertz CT molecular complexity index is 927. The van der Waals surface area contributed by atoms with Crippen LogP contribution in [0, 0.1) is 34.6 Å². The third-order valence-electron chi connectivity index (χ3n) is 4.33. The second kappa shape index (κ2) is 7.60. The molecular formula is C20H26N2O3S. The zero-order valence-electron chi connectivity index (χ0n) is 16.2. The molecule has 5 nitrogen and oxygen atoms in total. The number of aryl methyl sites for hydroxylation is 5. The van der Waals surface area contributed by atoms with Gasteiger partial charge in [0.05, 0.1) is 11.4 Å². The van der Waals surface area contributed by atoms with E-state index >= 15 is 0 Å². The molecule has 0 unspecified atom stereocenters. The van der Waals surface area contributed by atoms with Gasteiger partial charge >= 0.3 is 0 Å². The van der Waals surface area contributed by atoms with E-state index in [0.29, 0.717) is 5.56 Å². The van der Waals surface area contributed by atoms with Crippen LogP contribution < -0.4 is 5.32 Å². The van der Waals surface area contributed by atoms with Crippen LogP contribution in [-0.2, 0) is 14.8 Å². The number of likely N-dealkylation sites (N-methyl/N-ethyl adjacent to an activating group) is 1. The molecule has 1 amide bonds. The summed E-state index contributed by atoms with van der Waals surface area (Å²) in [7, 11) is -2.31. The molecule has 2 aromatic rings. The van der Waals surface area contributed by atoms with Crippen molar-refractivity contribution in [3.05, 3.63) is 58.1 Å². The number of nitrogens with one attached hydrogen (secondary N) is 1. The third-order valence-corrected chi connectivity index (χ3v) is 6.29. The third kappa shape index (κ3) is 4.31. The van der Waals surface area contributed by atoms with Crippen LogP contribution in [0.4, 0.5) is 5.69 Å². The lowest BCUT2D eigenvalue weighted by molar-refractivity contribution is -0.116. The summed E-state index contributed by atoms with van der Waals surface area (Å²) in [6.45, 7) is 9.26. The molecule has 0 aromatic heterocycles. The Morgan fingerprint density at radius 2 is 1.46 bits per heavy atom. The number of sulfonamides is 1. The van der Waals surface area contributed by atoms with Gasteiger partial charge in [0.2, 0.25) is 15.9 Å². The average molecular weight is 375 g/mol. The van der Waals surface area contributed by atoms with Gasteiger partial charge in [-0.2, -0.15) is 4.31 Å². The lowest BCUT2D eigenvalue weighted by Gasteiger charge is -2.19. The quantitative estimate of drug-likeness (QED) is 0.871. The maximum Gasteiger partial charge on any atom is 0.243 e. The number of rotatable bonds is 5. The van der Waals surface area contributed by atoms with E-state index in [2.05, 4.69) is 5.32 Å². The second-order valence-electron chi connectivity index (χ2n) is 6.85. The standard InChI is InChI=1S/C20H26N2O3S/c1-13-7-8-18(15(3)9-13)26(24,25)22(6)12-19(23)21-20-16(4)10-14(2)11-17(20)5/h7-11H,12H2,1-6H3,(H,21,23). The van der Waals surface area contributed by atoms with Crippen LogP contribution in [0.15, 0.2) is 35.2 Å². The van der Waals surface area contributed by atoms with E-state index in [9.17, 15) is 13.2 Å². The van der Waals surface area contributed by atoms with Crippen LogP contribution in [0.5, 0.6) is 0 Å². The molecule has 6 heteroatoms.